The second-order valence-electron chi connectivity index (χ2n) is 9.81. The van der Waals surface area contributed by atoms with Crippen molar-refractivity contribution in [2.24, 2.45) is 11.7 Å². The number of amides is 4. The lowest BCUT2D eigenvalue weighted by atomic mass is 9.96. The Hall–Kier alpha value is -4.15. The predicted octanol–water partition coefficient (Wildman–Crippen LogP) is 1.92. The van der Waals surface area contributed by atoms with E-state index in [2.05, 4.69) is 10.3 Å². The van der Waals surface area contributed by atoms with Crippen LogP contribution in [0.4, 0.5) is 10.5 Å². The monoisotopic (exact) mass is 509 g/mol. The van der Waals surface area contributed by atoms with Gasteiger partial charge in [0.15, 0.2) is 0 Å². The summed E-state index contributed by atoms with van der Waals surface area (Å²) in [6.45, 7) is 3.69. The van der Waals surface area contributed by atoms with Gasteiger partial charge in [-0.05, 0) is 17.9 Å². The number of hydrogen-bond donors (Lipinski definition) is 2. The predicted molar refractivity (Wildman–Crippen MR) is 133 cm³/mol. The van der Waals surface area contributed by atoms with Crippen LogP contribution in [-0.4, -0.2) is 69.9 Å². The minimum Gasteiger partial charge on any atom is -0.473 e. The molecule has 3 heterocycles. The van der Waals surface area contributed by atoms with E-state index in [9.17, 15) is 19.2 Å². The van der Waals surface area contributed by atoms with Gasteiger partial charge in [0, 0.05) is 25.7 Å². The summed E-state index contributed by atoms with van der Waals surface area (Å²) in [4.78, 5) is 58.7. The molecule has 1 fully saturated rings. The number of carbonyl (C=O) groups excluding carboxylic acids is 4. The molecule has 3 atom stereocenters. The van der Waals surface area contributed by atoms with Gasteiger partial charge in [0.2, 0.25) is 17.4 Å². The van der Waals surface area contributed by atoms with Gasteiger partial charge in [0.05, 0.1) is 12.7 Å². The molecule has 2 aliphatic rings. The molecule has 11 heteroatoms. The number of nitrogens with two attached hydrogens (primary N) is 1. The van der Waals surface area contributed by atoms with Gasteiger partial charge >= 0.3 is 6.09 Å². The number of ether oxygens (including phenoxy) is 2. The highest BCUT2D eigenvalue weighted by atomic mass is 16.6. The van der Waals surface area contributed by atoms with Crippen molar-refractivity contribution in [1.29, 1.82) is 0 Å². The Morgan fingerprint density at radius 1 is 1.27 bits per heavy atom. The van der Waals surface area contributed by atoms with Gasteiger partial charge in [-0.3, -0.25) is 24.3 Å². The number of carbonyl (C=O) groups is 4. The molecular weight excluding hydrogens is 478 g/mol. The number of fused-ring (bicyclic) bond motifs is 1. The first-order chi connectivity index (χ1) is 17.6. The smallest absolute Gasteiger partial charge is 0.410 e. The summed E-state index contributed by atoms with van der Waals surface area (Å²) < 4.78 is 11.5. The van der Waals surface area contributed by atoms with Crippen molar-refractivity contribution >= 4 is 29.5 Å². The first-order valence-corrected chi connectivity index (χ1v) is 12.1. The minimum atomic E-state index is -1.50. The molecule has 1 saturated heterocycles. The minimum absolute atomic E-state index is 0.0375. The van der Waals surface area contributed by atoms with Crippen LogP contribution < -0.4 is 15.8 Å². The summed E-state index contributed by atoms with van der Waals surface area (Å²) in [5.41, 5.74) is 5.38. The third-order valence-electron chi connectivity index (χ3n) is 6.63. The number of aromatic nitrogens is 1. The topological polar surface area (TPSA) is 144 Å². The molecule has 0 bridgehead atoms. The first kappa shape index (κ1) is 25.9. The van der Waals surface area contributed by atoms with Gasteiger partial charge in [-0.2, -0.15) is 0 Å². The van der Waals surface area contributed by atoms with Crippen LogP contribution in [0, 0.1) is 5.92 Å². The zero-order chi connectivity index (χ0) is 26.7. The molecule has 4 amide bonds. The highest BCUT2D eigenvalue weighted by molar-refractivity contribution is 6.03. The van der Waals surface area contributed by atoms with Crippen LogP contribution in [0.25, 0.3) is 0 Å². The average molecular weight is 510 g/mol. The van der Waals surface area contributed by atoms with Crippen LogP contribution >= 0.6 is 0 Å². The van der Waals surface area contributed by atoms with Crippen molar-refractivity contribution in [3.05, 3.63) is 54.4 Å². The number of likely N-dealkylation sites (N-methyl/N-ethyl adjacent to an activating group) is 1. The van der Waals surface area contributed by atoms with Crippen molar-refractivity contribution in [3.8, 4) is 5.75 Å². The Morgan fingerprint density at radius 3 is 2.68 bits per heavy atom. The second-order valence-corrected chi connectivity index (χ2v) is 9.81. The summed E-state index contributed by atoms with van der Waals surface area (Å²) >= 11 is 0. The van der Waals surface area contributed by atoms with E-state index in [4.69, 9.17) is 15.2 Å². The van der Waals surface area contributed by atoms with Crippen molar-refractivity contribution in [3.63, 3.8) is 0 Å². The van der Waals surface area contributed by atoms with E-state index >= 15 is 0 Å². The fraction of sp³-hybridized carbons (Fsp3) is 0.423. The Morgan fingerprint density at radius 2 is 2.00 bits per heavy atom. The van der Waals surface area contributed by atoms with E-state index in [-0.39, 0.29) is 25.5 Å². The maximum atomic E-state index is 13.9. The van der Waals surface area contributed by atoms with E-state index < -0.39 is 41.5 Å². The Labute approximate surface area is 214 Å². The Balaban J connectivity index is 1.56. The summed E-state index contributed by atoms with van der Waals surface area (Å²) in [6.07, 6.45) is 2.49. The van der Waals surface area contributed by atoms with Crippen molar-refractivity contribution in [2.75, 3.05) is 18.9 Å². The van der Waals surface area contributed by atoms with E-state index in [0.717, 1.165) is 5.56 Å². The first-order valence-electron chi connectivity index (χ1n) is 12.1. The van der Waals surface area contributed by atoms with Gasteiger partial charge in [0.1, 0.15) is 30.1 Å². The number of pyridine rings is 1. The fourth-order valence-corrected chi connectivity index (χ4v) is 4.67. The van der Waals surface area contributed by atoms with Crippen LogP contribution in [0.1, 0.15) is 32.3 Å². The van der Waals surface area contributed by atoms with Crippen LogP contribution in [0.2, 0.25) is 0 Å². The molecule has 196 valence electrons. The molecule has 0 saturated carbocycles. The molecule has 1 spiro atoms. The van der Waals surface area contributed by atoms with Crippen molar-refractivity contribution in [1.82, 2.24) is 14.8 Å². The van der Waals surface area contributed by atoms with Gasteiger partial charge in [-0.1, -0.05) is 44.2 Å². The zero-order valence-electron chi connectivity index (χ0n) is 21.0. The van der Waals surface area contributed by atoms with Crippen LogP contribution in [-0.2, 0) is 25.7 Å². The molecule has 11 nitrogen and oxygen atoms in total. The third kappa shape index (κ3) is 5.35. The normalized spacial score (nSPS) is 21.1. The zero-order valence-corrected chi connectivity index (χ0v) is 21.0. The fourth-order valence-electron chi connectivity index (χ4n) is 4.67. The van der Waals surface area contributed by atoms with Crippen LogP contribution in [0.15, 0.2) is 48.8 Å². The number of primary amides is 1. The number of hydrogen-bond acceptors (Lipinski definition) is 7. The summed E-state index contributed by atoms with van der Waals surface area (Å²) in [6, 6.07) is 8.75. The van der Waals surface area contributed by atoms with Gasteiger partial charge in [-0.25, -0.2) is 4.79 Å². The number of likely N-dealkylation sites (tertiary alicyclic amines) is 1. The highest BCUT2D eigenvalue weighted by Crippen LogP contribution is 2.40. The molecule has 0 aliphatic carbocycles. The Kier molecular flexibility index (Phi) is 7.33. The molecular formula is C26H31N5O6. The molecule has 2 aliphatic heterocycles. The van der Waals surface area contributed by atoms with E-state index in [0.29, 0.717) is 17.9 Å². The van der Waals surface area contributed by atoms with E-state index in [1.807, 2.05) is 44.2 Å². The number of rotatable bonds is 7. The summed E-state index contributed by atoms with van der Waals surface area (Å²) in [7, 11) is 1.48. The van der Waals surface area contributed by atoms with Crippen molar-refractivity contribution < 1.29 is 28.7 Å². The quantitative estimate of drug-likeness (QED) is 0.580. The van der Waals surface area contributed by atoms with Gasteiger partial charge < -0.3 is 25.4 Å². The molecule has 1 aromatic heterocycles. The van der Waals surface area contributed by atoms with Gasteiger partial charge in [0.25, 0.3) is 5.91 Å². The lowest BCUT2D eigenvalue weighted by Crippen LogP contribution is -2.56. The van der Waals surface area contributed by atoms with E-state index in [1.165, 1.54) is 29.2 Å². The highest BCUT2D eigenvalue weighted by Gasteiger charge is 2.57. The van der Waals surface area contributed by atoms with Gasteiger partial charge in [-0.15, -0.1) is 0 Å². The molecule has 0 radical (unpaired) electrons. The number of anilines is 1. The maximum absolute atomic E-state index is 13.9. The van der Waals surface area contributed by atoms with E-state index in [1.54, 1.807) is 6.07 Å². The molecule has 1 unspecified atom stereocenters. The standard InChI is InChI=1S/C26H31N5O6/c1-16(2)11-19(30(3)25(35)36-14-17-7-5-4-6-8-17)23(33)31-15-26(12-20(31)22(27)32)24(34)29-18-13-28-10-9-21(18)37-26/h4-10,13,16,19-20H,11-12,14-15H2,1-3H3,(H2,27,32)(H,29,34)/t19-,20-,26?/m0/s1. The molecule has 1 aromatic carbocycles. The number of benzene rings is 1. The SMILES string of the molecule is CC(C)C[C@@H](C(=O)N1CC2(C[C@H]1C(N)=O)Oc1ccncc1NC2=O)N(C)C(=O)OCc1ccccc1. The Bertz CT molecular complexity index is 1190. The lowest BCUT2D eigenvalue weighted by Gasteiger charge is -2.35. The number of nitrogens with zero attached hydrogens (tertiary/aromatic N) is 3. The second kappa shape index (κ2) is 10.5. The maximum Gasteiger partial charge on any atom is 0.410 e. The third-order valence-corrected chi connectivity index (χ3v) is 6.63. The lowest BCUT2D eigenvalue weighted by molar-refractivity contribution is -0.142. The average Bonchev–Trinajstić information content (AvgIpc) is 3.27. The van der Waals surface area contributed by atoms with Crippen molar-refractivity contribution in [2.45, 2.75) is 51.0 Å². The summed E-state index contributed by atoms with van der Waals surface area (Å²) in [5.74, 6) is -1.35. The molecule has 2 aromatic rings. The molecule has 4 rings (SSSR count). The largest absolute Gasteiger partial charge is 0.473 e. The van der Waals surface area contributed by atoms with Crippen LogP contribution in [0.5, 0.6) is 5.75 Å². The number of nitrogens with one attached hydrogen (secondary N) is 1. The molecule has 37 heavy (non-hydrogen) atoms. The van der Waals surface area contributed by atoms with Crippen LogP contribution in [0.3, 0.4) is 0 Å². The summed E-state index contributed by atoms with van der Waals surface area (Å²) in [5, 5.41) is 2.75. The molecule has 3 N–H and O–H groups in total.